The van der Waals surface area contributed by atoms with Gasteiger partial charge in [0, 0.05) is 44.6 Å². The van der Waals surface area contributed by atoms with Gasteiger partial charge in [0.2, 0.25) is 10.0 Å². The van der Waals surface area contributed by atoms with Crippen LogP contribution in [0, 0.1) is 16.0 Å². The van der Waals surface area contributed by atoms with E-state index in [2.05, 4.69) is 10.4 Å². The van der Waals surface area contributed by atoms with Crippen molar-refractivity contribution in [2.75, 3.05) is 38.2 Å². The molecule has 10 nitrogen and oxygen atoms in total. The van der Waals surface area contributed by atoms with Gasteiger partial charge in [-0.1, -0.05) is 6.92 Å². The third-order valence-corrected chi connectivity index (χ3v) is 6.37. The average Bonchev–Trinajstić information content (AvgIpc) is 3.19. The van der Waals surface area contributed by atoms with Crippen molar-refractivity contribution in [3.63, 3.8) is 0 Å². The van der Waals surface area contributed by atoms with Crippen molar-refractivity contribution < 1.29 is 18.1 Å². The Labute approximate surface area is 163 Å². The fourth-order valence-electron chi connectivity index (χ4n) is 2.98. The first kappa shape index (κ1) is 20.2. The summed E-state index contributed by atoms with van der Waals surface area (Å²) in [6.45, 7) is 4.25. The van der Waals surface area contributed by atoms with E-state index in [1.807, 2.05) is 19.2 Å². The van der Waals surface area contributed by atoms with Crippen LogP contribution in [0.4, 0.5) is 11.4 Å². The number of nitrogens with one attached hydrogen (secondary N) is 1. The lowest BCUT2D eigenvalue weighted by atomic mass is 10.1. The minimum Gasteiger partial charge on any atom is -0.379 e. The Morgan fingerprint density at radius 1 is 1.36 bits per heavy atom. The van der Waals surface area contributed by atoms with Crippen molar-refractivity contribution >= 4 is 21.4 Å². The van der Waals surface area contributed by atoms with Crippen LogP contribution < -0.4 is 5.32 Å². The van der Waals surface area contributed by atoms with Crippen LogP contribution in [0.15, 0.2) is 41.6 Å². The Morgan fingerprint density at radius 2 is 2.11 bits per heavy atom. The first-order chi connectivity index (χ1) is 13.4. The standard InChI is InChI=1S/C17H23N5O5S/c1-14(13-20-6-2-5-19-20)12-18-16-4-3-15(11-17(16)22(23)24)28(25,26)21-7-9-27-10-8-21/h2-6,11,14,18H,7-10,12-13H2,1H3. The van der Waals surface area contributed by atoms with Gasteiger partial charge in [-0.2, -0.15) is 9.40 Å². The molecule has 0 bridgehead atoms. The first-order valence-electron chi connectivity index (χ1n) is 8.95. The molecule has 2 heterocycles. The van der Waals surface area contributed by atoms with E-state index in [1.54, 1.807) is 10.9 Å². The highest BCUT2D eigenvalue weighted by molar-refractivity contribution is 7.89. The van der Waals surface area contributed by atoms with Crippen molar-refractivity contribution in [1.29, 1.82) is 0 Å². The summed E-state index contributed by atoms with van der Waals surface area (Å²) in [4.78, 5) is 10.8. The number of ether oxygens (including phenoxy) is 1. The van der Waals surface area contributed by atoms with Gasteiger partial charge < -0.3 is 10.1 Å². The van der Waals surface area contributed by atoms with Crippen LogP contribution in [0.1, 0.15) is 6.92 Å². The molecular weight excluding hydrogens is 386 g/mol. The second-order valence-corrected chi connectivity index (χ2v) is 8.60. The molecule has 1 aliphatic rings. The van der Waals surface area contributed by atoms with Crippen LogP contribution in [0.5, 0.6) is 0 Å². The molecule has 1 aromatic heterocycles. The quantitative estimate of drug-likeness (QED) is 0.519. The van der Waals surface area contributed by atoms with E-state index in [0.717, 1.165) is 6.07 Å². The first-order valence-corrected chi connectivity index (χ1v) is 10.4. The monoisotopic (exact) mass is 409 g/mol. The van der Waals surface area contributed by atoms with Gasteiger partial charge in [-0.3, -0.25) is 14.8 Å². The van der Waals surface area contributed by atoms with Crippen LogP contribution in [0.3, 0.4) is 0 Å². The molecule has 1 fully saturated rings. The minimum atomic E-state index is -3.79. The largest absolute Gasteiger partial charge is 0.379 e. The lowest BCUT2D eigenvalue weighted by Crippen LogP contribution is -2.40. The molecule has 0 radical (unpaired) electrons. The molecule has 28 heavy (non-hydrogen) atoms. The molecule has 1 saturated heterocycles. The average molecular weight is 409 g/mol. The normalized spacial score (nSPS) is 16.6. The number of anilines is 1. The molecule has 0 saturated carbocycles. The van der Waals surface area contributed by atoms with Crippen LogP contribution in [0.2, 0.25) is 0 Å². The summed E-state index contributed by atoms with van der Waals surface area (Å²) in [5.74, 6) is 0.163. The number of nitro groups is 1. The van der Waals surface area contributed by atoms with E-state index in [0.29, 0.717) is 32.0 Å². The lowest BCUT2D eigenvalue weighted by molar-refractivity contribution is -0.384. The molecule has 0 spiro atoms. The van der Waals surface area contributed by atoms with E-state index in [1.165, 1.54) is 16.4 Å². The zero-order valence-corrected chi connectivity index (χ0v) is 16.3. The van der Waals surface area contributed by atoms with Crippen LogP contribution in [0.25, 0.3) is 0 Å². The van der Waals surface area contributed by atoms with Crippen LogP contribution >= 0.6 is 0 Å². The Balaban J connectivity index is 1.74. The van der Waals surface area contributed by atoms with Gasteiger partial charge in [-0.25, -0.2) is 8.42 Å². The predicted molar refractivity (Wildman–Crippen MR) is 103 cm³/mol. The molecule has 1 atom stereocenters. The smallest absolute Gasteiger partial charge is 0.293 e. The third kappa shape index (κ3) is 4.66. The number of hydrogen-bond acceptors (Lipinski definition) is 7. The summed E-state index contributed by atoms with van der Waals surface area (Å²) in [5, 5.41) is 18.7. The Morgan fingerprint density at radius 3 is 2.75 bits per heavy atom. The van der Waals surface area contributed by atoms with Crippen molar-refractivity contribution in [1.82, 2.24) is 14.1 Å². The van der Waals surface area contributed by atoms with E-state index in [-0.39, 0.29) is 29.6 Å². The summed E-state index contributed by atoms with van der Waals surface area (Å²) in [6.07, 6.45) is 3.54. The molecule has 1 aromatic carbocycles. The highest BCUT2D eigenvalue weighted by atomic mass is 32.2. The predicted octanol–water partition coefficient (Wildman–Crippen LogP) is 1.56. The zero-order valence-electron chi connectivity index (χ0n) is 15.5. The van der Waals surface area contributed by atoms with Gasteiger partial charge in [0.15, 0.2) is 0 Å². The molecular formula is C17H23N5O5S. The molecule has 0 amide bonds. The van der Waals surface area contributed by atoms with Crippen LogP contribution in [-0.2, 0) is 21.3 Å². The van der Waals surface area contributed by atoms with Crippen molar-refractivity contribution in [3.05, 3.63) is 46.8 Å². The number of rotatable bonds is 8. The topological polar surface area (TPSA) is 120 Å². The highest BCUT2D eigenvalue weighted by Gasteiger charge is 2.28. The Bertz CT molecular complexity index is 910. The number of sulfonamides is 1. The molecule has 2 aromatic rings. The molecule has 1 N–H and O–H groups in total. The minimum absolute atomic E-state index is 0.0868. The number of nitro benzene ring substituents is 1. The number of benzene rings is 1. The van der Waals surface area contributed by atoms with E-state index < -0.39 is 14.9 Å². The molecule has 1 unspecified atom stereocenters. The SMILES string of the molecule is CC(CNc1ccc(S(=O)(=O)N2CCOCC2)cc1[N+](=O)[O-])Cn1cccn1. The Kier molecular flexibility index (Phi) is 6.27. The maximum absolute atomic E-state index is 12.7. The van der Waals surface area contributed by atoms with Gasteiger partial charge in [0.05, 0.1) is 23.0 Å². The molecule has 1 aliphatic heterocycles. The molecule has 0 aliphatic carbocycles. The zero-order chi connectivity index (χ0) is 20.1. The number of hydrogen-bond donors (Lipinski definition) is 1. The summed E-state index contributed by atoms with van der Waals surface area (Å²) < 4.78 is 33.7. The summed E-state index contributed by atoms with van der Waals surface area (Å²) >= 11 is 0. The second-order valence-electron chi connectivity index (χ2n) is 6.67. The third-order valence-electron chi connectivity index (χ3n) is 4.47. The van der Waals surface area contributed by atoms with Gasteiger partial charge in [-0.05, 0) is 24.1 Å². The maximum Gasteiger partial charge on any atom is 0.293 e. The molecule has 152 valence electrons. The van der Waals surface area contributed by atoms with Crippen molar-refractivity contribution in [2.45, 2.75) is 18.4 Å². The van der Waals surface area contributed by atoms with Crippen molar-refractivity contribution in [3.8, 4) is 0 Å². The molecule has 3 rings (SSSR count). The van der Waals surface area contributed by atoms with E-state index in [4.69, 9.17) is 4.74 Å². The number of nitrogens with zero attached hydrogens (tertiary/aromatic N) is 4. The number of aromatic nitrogens is 2. The molecule has 11 heteroatoms. The van der Waals surface area contributed by atoms with Gasteiger partial charge in [-0.15, -0.1) is 0 Å². The van der Waals surface area contributed by atoms with Gasteiger partial charge in [0.25, 0.3) is 5.69 Å². The summed E-state index contributed by atoms with van der Waals surface area (Å²) in [6, 6.07) is 5.80. The summed E-state index contributed by atoms with van der Waals surface area (Å²) in [5.41, 5.74) is 0.0267. The van der Waals surface area contributed by atoms with Gasteiger partial charge >= 0.3 is 0 Å². The van der Waals surface area contributed by atoms with E-state index >= 15 is 0 Å². The second kappa shape index (κ2) is 8.67. The van der Waals surface area contributed by atoms with Gasteiger partial charge in [0.1, 0.15) is 5.69 Å². The Hall–Kier alpha value is -2.50. The number of morpholine rings is 1. The summed E-state index contributed by atoms with van der Waals surface area (Å²) in [7, 11) is -3.79. The van der Waals surface area contributed by atoms with Crippen molar-refractivity contribution in [2.24, 2.45) is 5.92 Å². The highest BCUT2D eigenvalue weighted by Crippen LogP contribution is 2.29. The fourth-order valence-corrected chi connectivity index (χ4v) is 4.41. The van der Waals surface area contributed by atoms with Crippen LogP contribution in [-0.4, -0.2) is 60.3 Å². The van der Waals surface area contributed by atoms with E-state index in [9.17, 15) is 18.5 Å². The maximum atomic E-state index is 12.7. The lowest BCUT2D eigenvalue weighted by Gasteiger charge is -2.26. The fraction of sp³-hybridized carbons (Fsp3) is 0.471.